The molecule has 0 unspecified atom stereocenters. The minimum Gasteiger partial charge on any atom is -0.423 e. The zero-order chi connectivity index (χ0) is 22.0. The van der Waals surface area contributed by atoms with E-state index in [1.807, 2.05) is 0 Å². The summed E-state index contributed by atoms with van der Waals surface area (Å²) in [6, 6.07) is 22.3. The van der Waals surface area contributed by atoms with E-state index in [1.165, 1.54) is 37.4 Å². The molecule has 0 radical (unpaired) electrons. The van der Waals surface area contributed by atoms with E-state index in [9.17, 15) is 18.0 Å². The van der Waals surface area contributed by atoms with Gasteiger partial charge in [0.2, 0.25) is 5.56 Å². The maximum Gasteiger partial charge on any atom is 0.344 e. The fraction of sp³-hybridized carbons (Fsp3) is 0.0435. The first-order chi connectivity index (χ1) is 14.9. The third-order valence-electron chi connectivity index (χ3n) is 4.78. The highest BCUT2D eigenvalue weighted by Crippen LogP contribution is 2.25. The number of anilines is 1. The number of sulfonamides is 1. The first kappa shape index (κ1) is 20.4. The van der Waals surface area contributed by atoms with Crippen molar-refractivity contribution in [1.29, 1.82) is 0 Å². The van der Waals surface area contributed by atoms with Crippen LogP contribution >= 0.6 is 0 Å². The molecule has 0 fully saturated rings. The average Bonchev–Trinajstić information content (AvgIpc) is 2.79. The number of pyridine rings is 1. The average molecular weight is 434 g/mol. The van der Waals surface area contributed by atoms with Crippen molar-refractivity contribution in [2.24, 2.45) is 0 Å². The molecule has 1 N–H and O–H groups in total. The Kier molecular flexibility index (Phi) is 5.31. The summed E-state index contributed by atoms with van der Waals surface area (Å²) in [5.41, 5.74) is 0.677. The second kappa shape index (κ2) is 8.08. The SMILES string of the molecule is CN(c1ccc(OC(=O)c2cc(=O)[nH]c3ccccc23)cc1)S(=O)(=O)c1ccccc1. The molecule has 0 amide bonds. The van der Waals surface area contributed by atoms with Gasteiger partial charge in [-0.25, -0.2) is 13.2 Å². The van der Waals surface area contributed by atoms with Crippen LogP contribution in [0.1, 0.15) is 10.4 Å². The summed E-state index contributed by atoms with van der Waals surface area (Å²) in [6.45, 7) is 0. The van der Waals surface area contributed by atoms with Gasteiger partial charge in [0.15, 0.2) is 0 Å². The van der Waals surface area contributed by atoms with E-state index in [4.69, 9.17) is 4.74 Å². The number of rotatable bonds is 5. The number of hydrogen-bond acceptors (Lipinski definition) is 5. The molecule has 3 aromatic carbocycles. The van der Waals surface area contributed by atoms with Crippen molar-refractivity contribution in [2.75, 3.05) is 11.4 Å². The maximum absolute atomic E-state index is 12.7. The maximum atomic E-state index is 12.7. The number of nitrogens with one attached hydrogen (secondary N) is 1. The minimum atomic E-state index is -3.71. The van der Waals surface area contributed by atoms with Crippen molar-refractivity contribution in [2.45, 2.75) is 4.90 Å². The Morgan fingerprint density at radius 1 is 0.903 bits per heavy atom. The Balaban J connectivity index is 1.57. The van der Waals surface area contributed by atoms with Crippen LogP contribution in [0, 0.1) is 0 Å². The number of ether oxygens (including phenoxy) is 1. The Bertz CT molecular complexity index is 1410. The van der Waals surface area contributed by atoms with Gasteiger partial charge in [-0.1, -0.05) is 36.4 Å². The first-order valence-electron chi connectivity index (χ1n) is 9.34. The van der Waals surface area contributed by atoms with Gasteiger partial charge >= 0.3 is 5.97 Å². The highest BCUT2D eigenvalue weighted by molar-refractivity contribution is 7.92. The van der Waals surface area contributed by atoms with Crippen LogP contribution < -0.4 is 14.6 Å². The minimum absolute atomic E-state index is 0.146. The monoisotopic (exact) mass is 434 g/mol. The van der Waals surface area contributed by atoms with Gasteiger partial charge in [0, 0.05) is 24.0 Å². The van der Waals surface area contributed by atoms with Crippen molar-refractivity contribution in [3.05, 3.63) is 101 Å². The third kappa shape index (κ3) is 4.06. The number of H-pyrrole nitrogens is 1. The first-order valence-corrected chi connectivity index (χ1v) is 10.8. The van der Waals surface area contributed by atoms with Crippen molar-refractivity contribution in [1.82, 2.24) is 4.98 Å². The van der Waals surface area contributed by atoms with Crippen molar-refractivity contribution >= 4 is 32.6 Å². The standard InChI is InChI=1S/C23H18N2O5S/c1-25(31(28,29)18-7-3-2-4-8-18)16-11-13-17(14-12-16)30-23(27)20-15-22(26)24-21-10-6-5-9-19(20)21/h2-15H,1H3,(H,24,26). The van der Waals surface area contributed by atoms with E-state index >= 15 is 0 Å². The lowest BCUT2D eigenvalue weighted by molar-refractivity contribution is 0.0736. The van der Waals surface area contributed by atoms with Crippen LogP contribution in [0.25, 0.3) is 10.9 Å². The molecule has 0 aliphatic heterocycles. The van der Waals surface area contributed by atoms with Crippen LogP contribution in [-0.4, -0.2) is 26.4 Å². The van der Waals surface area contributed by atoms with E-state index in [0.717, 1.165) is 4.31 Å². The van der Waals surface area contributed by atoms with Crippen LogP contribution in [0.2, 0.25) is 0 Å². The molecule has 4 rings (SSSR count). The number of hydrogen-bond donors (Lipinski definition) is 1. The second-order valence-corrected chi connectivity index (χ2v) is 8.73. The van der Waals surface area contributed by atoms with Gasteiger partial charge in [-0.05, 0) is 42.5 Å². The lowest BCUT2D eigenvalue weighted by atomic mass is 10.1. The Morgan fingerprint density at radius 2 is 1.55 bits per heavy atom. The van der Waals surface area contributed by atoms with E-state index in [-0.39, 0.29) is 16.2 Å². The van der Waals surface area contributed by atoms with Gasteiger partial charge in [0.1, 0.15) is 5.75 Å². The Labute approximate surface area is 178 Å². The predicted molar refractivity (Wildman–Crippen MR) is 118 cm³/mol. The van der Waals surface area contributed by atoms with Crippen molar-refractivity contribution < 1.29 is 17.9 Å². The summed E-state index contributed by atoms with van der Waals surface area (Å²) < 4.78 is 32.0. The van der Waals surface area contributed by atoms with Gasteiger partial charge in [-0.3, -0.25) is 9.10 Å². The number of carbonyl (C=O) groups excluding carboxylic acids is 1. The molecule has 0 aliphatic carbocycles. The molecule has 0 aliphatic rings. The number of para-hydroxylation sites is 1. The van der Waals surface area contributed by atoms with E-state index in [1.54, 1.807) is 54.6 Å². The molecule has 4 aromatic rings. The van der Waals surface area contributed by atoms with E-state index < -0.39 is 21.6 Å². The fourth-order valence-corrected chi connectivity index (χ4v) is 4.37. The molecule has 156 valence electrons. The van der Waals surface area contributed by atoms with Crippen LogP contribution in [0.4, 0.5) is 5.69 Å². The number of carbonyl (C=O) groups is 1. The molecule has 7 nitrogen and oxygen atoms in total. The zero-order valence-electron chi connectivity index (χ0n) is 16.5. The molecule has 0 saturated carbocycles. The summed E-state index contributed by atoms with van der Waals surface area (Å²) in [5.74, 6) is -0.455. The number of esters is 1. The Morgan fingerprint density at radius 3 is 2.26 bits per heavy atom. The van der Waals surface area contributed by atoms with E-state index in [0.29, 0.717) is 16.6 Å². The largest absolute Gasteiger partial charge is 0.423 e. The number of aromatic nitrogens is 1. The molecule has 8 heteroatoms. The highest BCUT2D eigenvalue weighted by atomic mass is 32.2. The lowest BCUT2D eigenvalue weighted by Crippen LogP contribution is -2.26. The van der Waals surface area contributed by atoms with Crippen LogP contribution in [-0.2, 0) is 10.0 Å². The number of aromatic amines is 1. The molecule has 0 bridgehead atoms. The summed E-state index contributed by atoms with van der Waals surface area (Å²) >= 11 is 0. The molecule has 0 saturated heterocycles. The topological polar surface area (TPSA) is 96.5 Å². The lowest BCUT2D eigenvalue weighted by Gasteiger charge is -2.19. The highest BCUT2D eigenvalue weighted by Gasteiger charge is 2.21. The molecule has 1 heterocycles. The van der Waals surface area contributed by atoms with Gasteiger partial charge in [0.25, 0.3) is 10.0 Å². The van der Waals surface area contributed by atoms with Gasteiger partial charge < -0.3 is 9.72 Å². The Hall–Kier alpha value is -3.91. The van der Waals surface area contributed by atoms with Gasteiger partial charge in [-0.2, -0.15) is 0 Å². The zero-order valence-corrected chi connectivity index (χ0v) is 17.3. The molecule has 31 heavy (non-hydrogen) atoms. The number of fused-ring (bicyclic) bond motifs is 1. The summed E-state index contributed by atoms with van der Waals surface area (Å²) in [5, 5.41) is 0.567. The van der Waals surface area contributed by atoms with Crippen LogP contribution in [0.5, 0.6) is 5.75 Å². The number of nitrogens with zero attached hydrogens (tertiary/aromatic N) is 1. The molecule has 1 aromatic heterocycles. The summed E-state index contributed by atoms with van der Waals surface area (Å²) in [7, 11) is -2.26. The summed E-state index contributed by atoms with van der Waals surface area (Å²) in [6.07, 6.45) is 0. The van der Waals surface area contributed by atoms with E-state index in [2.05, 4.69) is 4.98 Å². The third-order valence-corrected chi connectivity index (χ3v) is 6.58. The molecule has 0 spiro atoms. The molecular formula is C23H18N2O5S. The summed E-state index contributed by atoms with van der Waals surface area (Å²) in [4.78, 5) is 27.4. The molecular weight excluding hydrogens is 416 g/mol. The number of benzene rings is 3. The fourth-order valence-electron chi connectivity index (χ4n) is 3.15. The van der Waals surface area contributed by atoms with Crippen LogP contribution in [0.3, 0.4) is 0 Å². The molecule has 0 atom stereocenters. The van der Waals surface area contributed by atoms with Gasteiger partial charge in [0.05, 0.1) is 16.1 Å². The predicted octanol–water partition coefficient (Wildman–Crippen LogP) is 3.57. The second-order valence-electron chi connectivity index (χ2n) is 6.76. The van der Waals surface area contributed by atoms with Crippen molar-refractivity contribution in [3.63, 3.8) is 0 Å². The van der Waals surface area contributed by atoms with Gasteiger partial charge in [-0.15, -0.1) is 0 Å². The van der Waals surface area contributed by atoms with Crippen LogP contribution in [0.15, 0.2) is 94.6 Å². The quantitative estimate of drug-likeness (QED) is 0.383. The normalized spacial score (nSPS) is 11.3. The van der Waals surface area contributed by atoms with Crippen molar-refractivity contribution in [3.8, 4) is 5.75 Å². The smallest absolute Gasteiger partial charge is 0.344 e.